The molecule has 3 heteroatoms. The van der Waals surface area contributed by atoms with Crippen LogP contribution in [0.15, 0.2) is 11.6 Å². The highest BCUT2D eigenvalue weighted by atomic mass is 16.5. The molecule has 118 valence electrons. The van der Waals surface area contributed by atoms with Gasteiger partial charge in [-0.1, -0.05) is 40.2 Å². The molecule has 21 heavy (non-hydrogen) atoms. The summed E-state index contributed by atoms with van der Waals surface area (Å²) in [6.07, 6.45) is 5.62. The Morgan fingerprint density at radius 3 is 2.52 bits per heavy atom. The van der Waals surface area contributed by atoms with Crippen LogP contribution in [0.3, 0.4) is 0 Å². The summed E-state index contributed by atoms with van der Waals surface area (Å²) in [5, 5.41) is 0. The van der Waals surface area contributed by atoms with Crippen molar-refractivity contribution in [2.75, 3.05) is 6.61 Å². The number of esters is 1. The minimum absolute atomic E-state index is 0.00133. The number of Topliss-reactive ketones (excluding diaryl/α,β-unsaturated/α-hetero) is 1. The molecule has 0 aliphatic heterocycles. The summed E-state index contributed by atoms with van der Waals surface area (Å²) in [5.74, 6) is 0.0935. The van der Waals surface area contributed by atoms with Gasteiger partial charge in [0.1, 0.15) is 0 Å². The fourth-order valence-electron chi connectivity index (χ4n) is 4.17. The summed E-state index contributed by atoms with van der Waals surface area (Å²) in [7, 11) is 0. The molecule has 2 bridgehead atoms. The van der Waals surface area contributed by atoms with Crippen molar-refractivity contribution in [2.45, 2.75) is 60.3 Å². The molecule has 0 aromatic rings. The van der Waals surface area contributed by atoms with E-state index in [2.05, 4.69) is 27.7 Å². The van der Waals surface area contributed by atoms with Crippen molar-refractivity contribution in [1.29, 1.82) is 0 Å². The lowest BCUT2D eigenvalue weighted by molar-refractivity contribution is -0.146. The van der Waals surface area contributed by atoms with Crippen molar-refractivity contribution in [1.82, 2.24) is 0 Å². The number of fused-ring (bicyclic) bond motifs is 2. The molecule has 3 atom stereocenters. The average molecular weight is 292 g/mol. The number of ether oxygens (including phenoxy) is 1. The van der Waals surface area contributed by atoms with Crippen molar-refractivity contribution >= 4 is 11.8 Å². The average Bonchev–Trinajstić information content (AvgIpc) is 2.72. The van der Waals surface area contributed by atoms with Gasteiger partial charge in [0.15, 0.2) is 5.78 Å². The molecule has 3 nitrogen and oxygen atoms in total. The number of hydrogen-bond acceptors (Lipinski definition) is 3. The predicted octanol–water partition coefficient (Wildman–Crippen LogP) is 3.92. The molecular formula is C18H28O3. The first-order valence-corrected chi connectivity index (χ1v) is 8.22. The number of carbonyl (C=O) groups excluding carboxylic acids is 2. The third-order valence-corrected chi connectivity index (χ3v) is 5.93. The van der Waals surface area contributed by atoms with Crippen molar-refractivity contribution in [3.8, 4) is 0 Å². The Balaban J connectivity index is 2.32. The molecule has 0 unspecified atom stereocenters. The molecule has 0 N–H and O–H groups in total. The molecule has 0 radical (unpaired) electrons. The molecule has 0 heterocycles. The Kier molecular flexibility index (Phi) is 4.32. The predicted molar refractivity (Wildman–Crippen MR) is 82.7 cm³/mol. The maximum Gasteiger partial charge on any atom is 0.312 e. The highest BCUT2D eigenvalue weighted by Gasteiger charge is 2.63. The lowest BCUT2D eigenvalue weighted by Gasteiger charge is -2.31. The third kappa shape index (κ3) is 2.35. The third-order valence-electron chi connectivity index (χ3n) is 5.93. The van der Waals surface area contributed by atoms with Gasteiger partial charge in [-0.05, 0) is 43.1 Å². The molecule has 2 aliphatic rings. The maximum absolute atomic E-state index is 12.8. The number of rotatable bonds is 5. The van der Waals surface area contributed by atoms with Crippen molar-refractivity contribution < 1.29 is 14.3 Å². The maximum atomic E-state index is 12.8. The van der Waals surface area contributed by atoms with Crippen LogP contribution in [-0.4, -0.2) is 18.4 Å². The lowest BCUT2D eigenvalue weighted by Crippen LogP contribution is -2.32. The van der Waals surface area contributed by atoms with E-state index in [1.165, 1.54) is 0 Å². The van der Waals surface area contributed by atoms with Gasteiger partial charge in [0.2, 0.25) is 0 Å². The summed E-state index contributed by atoms with van der Waals surface area (Å²) >= 11 is 0. The second kappa shape index (κ2) is 5.58. The van der Waals surface area contributed by atoms with Crippen molar-refractivity contribution in [3.05, 3.63) is 11.6 Å². The van der Waals surface area contributed by atoms with Gasteiger partial charge in [-0.25, -0.2) is 0 Å². The molecule has 0 spiro atoms. The van der Waals surface area contributed by atoms with Gasteiger partial charge in [-0.15, -0.1) is 0 Å². The summed E-state index contributed by atoms with van der Waals surface area (Å²) in [5.41, 5.74) is 0.635. The zero-order chi connectivity index (χ0) is 15.8. The van der Waals surface area contributed by atoms with Gasteiger partial charge in [0, 0.05) is 5.41 Å². The topological polar surface area (TPSA) is 43.4 Å². The van der Waals surface area contributed by atoms with E-state index in [1.54, 1.807) is 0 Å². The number of hydrogen-bond donors (Lipinski definition) is 0. The minimum atomic E-state index is -0.271. The van der Waals surface area contributed by atoms with Gasteiger partial charge in [-0.3, -0.25) is 9.59 Å². The second-order valence-electron chi connectivity index (χ2n) is 7.24. The fourth-order valence-corrected chi connectivity index (χ4v) is 4.17. The second-order valence-corrected chi connectivity index (χ2v) is 7.24. The van der Waals surface area contributed by atoms with Crippen LogP contribution < -0.4 is 0 Å². The van der Waals surface area contributed by atoms with Crippen molar-refractivity contribution in [3.63, 3.8) is 0 Å². The van der Waals surface area contributed by atoms with Crippen LogP contribution >= 0.6 is 0 Å². The van der Waals surface area contributed by atoms with Crippen LogP contribution in [0.5, 0.6) is 0 Å². The Morgan fingerprint density at radius 2 is 2.05 bits per heavy atom. The molecule has 0 amide bonds. The van der Waals surface area contributed by atoms with Gasteiger partial charge >= 0.3 is 5.97 Å². The van der Waals surface area contributed by atoms with Crippen molar-refractivity contribution in [2.24, 2.45) is 22.7 Å². The molecule has 2 rings (SSSR count). The first kappa shape index (κ1) is 16.3. The zero-order valence-electron chi connectivity index (χ0n) is 14.0. The first-order valence-electron chi connectivity index (χ1n) is 8.22. The summed E-state index contributed by atoms with van der Waals surface area (Å²) in [6, 6.07) is 0. The smallest absolute Gasteiger partial charge is 0.312 e. The normalized spacial score (nSPS) is 33.5. The van der Waals surface area contributed by atoms with Gasteiger partial charge in [-0.2, -0.15) is 0 Å². The van der Waals surface area contributed by atoms with E-state index in [4.69, 9.17) is 4.74 Å². The summed E-state index contributed by atoms with van der Waals surface area (Å²) < 4.78 is 5.16. The molecule has 2 fully saturated rings. The molecule has 2 saturated carbocycles. The van der Waals surface area contributed by atoms with E-state index in [9.17, 15) is 9.59 Å². The molecule has 0 aromatic heterocycles. The van der Waals surface area contributed by atoms with E-state index in [0.29, 0.717) is 12.5 Å². The van der Waals surface area contributed by atoms with Crippen LogP contribution in [-0.2, 0) is 14.3 Å². The van der Waals surface area contributed by atoms with E-state index in [0.717, 1.165) is 31.3 Å². The number of carbonyl (C=O) groups is 2. The Morgan fingerprint density at radius 1 is 1.38 bits per heavy atom. The number of ketones is 1. The summed E-state index contributed by atoms with van der Waals surface area (Å²) in [4.78, 5) is 24.9. The minimum Gasteiger partial charge on any atom is -0.466 e. The molecule has 0 aromatic carbocycles. The van der Waals surface area contributed by atoms with E-state index in [-0.39, 0.29) is 28.5 Å². The van der Waals surface area contributed by atoms with Gasteiger partial charge < -0.3 is 4.74 Å². The van der Waals surface area contributed by atoms with Crippen LogP contribution in [0.2, 0.25) is 0 Å². The molecule has 0 saturated heterocycles. The van der Waals surface area contributed by atoms with Crippen LogP contribution in [0.4, 0.5) is 0 Å². The standard InChI is InChI=1S/C18H28O3/c1-6-8-12(16(20)21-7-2)11-13-14-9-10-18(5,15(13)19)17(14,3)4/h11-12,14H,6-10H2,1-5H3/b13-11-/t12-,14-,18-/m0/s1. The molecule has 2 aliphatic carbocycles. The number of allylic oxidation sites excluding steroid dienone is 1. The SMILES string of the molecule is CCC[C@@H](/C=C1\C(=O)[C@]2(C)CC[C@@H]1C2(C)C)C(=O)OCC. The monoisotopic (exact) mass is 292 g/mol. The largest absolute Gasteiger partial charge is 0.466 e. The van der Waals surface area contributed by atoms with Crippen LogP contribution in [0.25, 0.3) is 0 Å². The van der Waals surface area contributed by atoms with Crippen LogP contribution in [0.1, 0.15) is 60.3 Å². The highest BCUT2D eigenvalue weighted by Crippen LogP contribution is 2.65. The lowest BCUT2D eigenvalue weighted by atomic mass is 9.70. The Bertz CT molecular complexity index is 475. The fraction of sp³-hybridized carbons (Fsp3) is 0.778. The zero-order valence-corrected chi connectivity index (χ0v) is 14.0. The van der Waals surface area contributed by atoms with Gasteiger partial charge in [0.05, 0.1) is 12.5 Å². The highest BCUT2D eigenvalue weighted by molar-refractivity contribution is 6.05. The van der Waals surface area contributed by atoms with E-state index in [1.807, 2.05) is 13.0 Å². The summed E-state index contributed by atoms with van der Waals surface area (Å²) in [6.45, 7) is 10.8. The molecular weight excluding hydrogens is 264 g/mol. The Labute approximate surface area is 128 Å². The first-order chi connectivity index (χ1) is 9.79. The quantitative estimate of drug-likeness (QED) is 0.570. The van der Waals surface area contributed by atoms with Crippen LogP contribution in [0, 0.1) is 22.7 Å². The van der Waals surface area contributed by atoms with E-state index >= 15 is 0 Å². The Hall–Kier alpha value is -1.12. The van der Waals surface area contributed by atoms with E-state index < -0.39 is 0 Å². The van der Waals surface area contributed by atoms with Gasteiger partial charge in [0.25, 0.3) is 0 Å².